The number of carbonyl (C=O) groups is 1. The number of nitrogens with two attached hydrogens (primary N) is 1. The first kappa shape index (κ1) is 15.6. The van der Waals surface area contributed by atoms with E-state index in [1.807, 2.05) is 43.5 Å². The summed E-state index contributed by atoms with van der Waals surface area (Å²) in [5, 5.41) is 11.2. The molecule has 0 bridgehead atoms. The lowest BCUT2D eigenvalue weighted by Gasteiger charge is -2.16. The van der Waals surface area contributed by atoms with Gasteiger partial charge in [0.2, 0.25) is 5.91 Å². The predicted molar refractivity (Wildman–Crippen MR) is 84.9 cm³/mol. The van der Waals surface area contributed by atoms with Crippen LogP contribution in [0.5, 0.6) is 0 Å². The second-order valence-corrected chi connectivity index (χ2v) is 5.71. The van der Waals surface area contributed by atoms with Gasteiger partial charge >= 0.3 is 0 Å². The largest absolute Gasteiger partial charge is 0.364 e. The SMILES string of the molecule is CC(NC(=O)[C@@H]1CC[C@H](CN)O1)c1cn(-c2ccccc2)nn1. The first-order valence-electron chi connectivity index (χ1n) is 7.81. The van der Waals surface area contributed by atoms with E-state index in [4.69, 9.17) is 10.5 Å². The minimum absolute atomic E-state index is 0.0139. The number of hydrogen-bond acceptors (Lipinski definition) is 5. The average Bonchev–Trinajstić information content (AvgIpc) is 3.25. The highest BCUT2D eigenvalue weighted by atomic mass is 16.5. The van der Waals surface area contributed by atoms with Gasteiger partial charge in [0.15, 0.2) is 0 Å². The van der Waals surface area contributed by atoms with Gasteiger partial charge in [-0.2, -0.15) is 0 Å². The fourth-order valence-electron chi connectivity index (χ4n) is 2.63. The van der Waals surface area contributed by atoms with Crippen LogP contribution < -0.4 is 11.1 Å². The molecule has 1 aliphatic rings. The number of nitrogens with zero attached hydrogens (tertiary/aromatic N) is 3. The fraction of sp³-hybridized carbons (Fsp3) is 0.438. The van der Waals surface area contributed by atoms with Crippen molar-refractivity contribution in [2.24, 2.45) is 5.73 Å². The van der Waals surface area contributed by atoms with Crippen LogP contribution in [0.25, 0.3) is 5.69 Å². The number of ether oxygens (including phenoxy) is 1. The highest BCUT2D eigenvalue weighted by Crippen LogP contribution is 2.20. The van der Waals surface area contributed by atoms with Crippen molar-refractivity contribution in [3.8, 4) is 5.69 Å². The number of para-hydroxylation sites is 1. The zero-order valence-electron chi connectivity index (χ0n) is 13.1. The lowest BCUT2D eigenvalue weighted by Crippen LogP contribution is -2.37. The molecule has 2 heterocycles. The third kappa shape index (κ3) is 3.57. The van der Waals surface area contributed by atoms with Gasteiger partial charge in [0, 0.05) is 6.54 Å². The van der Waals surface area contributed by atoms with E-state index in [1.165, 1.54) is 0 Å². The van der Waals surface area contributed by atoms with Gasteiger partial charge in [0.25, 0.3) is 0 Å². The minimum atomic E-state index is -0.421. The number of rotatable bonds is 5. The van der Waals surface area contributed by atoms with Crippen molar-refractivity contribution in [1.82, 2.24) is 20.3 Å². The monoisotopic (exact) mass is 315 g/mol. The summed E-state index contributed by atoms with van der Waals surface area (Å²) in [4.78, 5) is 12.2. The van der Waals surface area contributed by atoms with Crippen molar-refractivity contribution < 1.29 is 9.53 Å². The number of amides is 1. The number of aromatic nitrogens is 3. The summed E-state index contributed by atoms with van der Waals surface area (Å²) in [5.74, 6) is -0.122. The van der Waals surface area contributed by atoms with Crippen molar-refractivity contribution >= 4 is 5.91 Å². The van der Waals surface area contributed by atoms with E-state index in [-0.39, 0.29) is 18.1 Å². The highest BCUT2D eigenvalue weighted by Gasteiger charge is 2.30. The van der Waals surface area contributed by atoms with Gasteiger partial charge in [-0.05, 0) is 31.9 Å². The van der Waals surface area contributed by atoms with E-state index in [9.17, 15) is 4.79 Å². The van der Waals surface area contributed by atoms with Gasteiger partial charge in [-0.25, -0.2) is 4.68 Å². The first-order valence-corrected chi connectivity index (χ1v) is 7.81. The summed E-state index contributed by atoms with van der Waals surface area (Å²) in [5.41, 5.74) is 7.20. The topological polar surface area (TPSA) is 95.1 Å². The molecule has 3 atom stereocenters. The van der Waals surface area contributed by atoms with Crippen LogP contribution in [0.1, 0.15) is 31.5 Å². The fourth-order valence-corrected chi connectivity index (χ4v) is 2.63. The van der Waals surface area contributed by atoms with Crippen LogP contribution in [-0.4, -0.2) is 39.7 Å². The number of hydrogen-bond donors (Lipinski definition) is 2. The maximum absolute atomic E-state index is 12.2. The zero-order valence-corrected chi connectivity index (χ0v) is 13.1. The van der Waals surface area contributed by atoms with Crippen LogP contribution in [0.15, 0.2) is 36.5 Å². The van der Waals surface area contributed by atoms with E-state index in [1.54, 1.807) is 4.68 Å². The molecule has 1 aromatic carbocycles. The molecule has 0 aliphatic carbocycles. The molecule has 0 radical (unpaired) electrons. The van der Waals surface area contributed by atoms with E-state index in [2.05, 4.69) is 15.6 Å². The van der Waals surface area contributed by atoms with Gasteiger partial charge in [-0.15, -0.1) is 5.10 Å². The molecule has 1 aliphatic heterocycles. The lowest BCUT2D eigenvalue weighted by molar-refractivity contribution is -0.132. The van der Waals surface area contributed by atoms with Gasteiger partial charge in [0.1, 0.15) is 11.8 Å². The summed E-state index contributed by atoms with van der Waals surface area (Å²) in [6.45, 7) is 2.33. The van der Waals surface area contributed by atoms with E-state index < -0.39 is 6.10 Å². The van der Waals surface area contributed by atoms with Crippen LogP contribution in [0.2, 0.25) is 0 Å². The molecule has 2 aromatic rings. The molecule has 1 amide bonds. The maximum Gasteiger partial charge on any atom is 0.249 e. The van der Waals surface area contributed by atoms with E-state index in [0.29, 0.717) is 18.7 Å². The molecule has 23 heavy (non-hydrogen) atoms. The molecule has 122 valence electrons. The number of benzene rings is 1. The molecule has 0 spiro atoms. The standard InChI is InChI=1S/C16H21N5O2/c1-11(18-16(22)15-8-7-13(9-17)23-15)14-10-21(20-19-14)12-5-3-2-4-6-12/h2-6,10-11,13,15H,7-9,17H2,1H3,(H,18,22)/t11?,13-,15+/m1/s1. The predicted octanol–water partition coefficient (Wildman–Crippen LogP) is 0.951. The molecule has 1 aromatic heterocycles. The molecule has 3 N–H and O–H groups in total. The Balaban J connectivity index is 1.61. The van der Waals surface area contributed by atoms with Gasteiger partial charge in [0.05, 0.1) is 24.0 Å². The van der Waals surface area contributed by atoms with Crippen molar-refractivity contribution in [2.45, 2.75) is 38.0 Å². The molecular weight excluding hydrogens is 294 g/mol. The Bertz CT molecular complexity index is 658. The smallest absolute Gasteiger partial charge is 0.249 e. The Hall–Kier alpha value is -2.25. The molecule has 0 saturated carbocycles. The Morgan fingerprint density at radius 3 is 2.91 bits per heavy atom. The summed E-state index contributed by atoms with van der Waals surface area (Å²) >= 11 is 0. The second-order valence-electron chi connectivity index (χ2n) is 5.71. The summed E-state index contributed by atoms with van der Waals surface area (Å²) in [6, 6.07) is 9.48. The van der Waals surface area contributed by atoms with Crippen LogP contribution in [0.4, 0.5) is 0 Å². The lowest BCUT2D eigenvalue weighted by atomic mass is 10.1. The van der Waals surface area contributed by atoms with Gasteiger partial charge in [-0.3, -0.25) is 4.79 Å². The number of carbonyl (C=O) groups excluding carboxylic acids is 1. The summed E-state index contributed by atoms with van der Waals surface area (Å²) in [7, 11) is 0. The third-order valence-electron chi connectivity index (χ3n) is 4.00. The second kappa shape index (κ2) is 6.89. The minimum Gasteiger partial charge on any atom is -0.364 e. The molecule has 7 heteroatoms. The molecule has 1 unspecified atom stereocenters. The average molecular weight is 315 g/mol. The molecule has 1 saturated heterocycles. The van der Waals surface area contributed by atoms with E-state index >= 15 is 0 Å². The van der Waals surface area contributed by atoms with Crippen molar-refractivity contribution in [3.63, 3.8) is 0 Å². The number of nitrogens with one attached hydrogen (secondary N) is 1. The van der Waals surface area contributed by atoms with Crippen molar-refractivity contribution in [3.05, 3.63) is 42.2 Å². The molecule has 1 fully saturated rings. The van der Waals surface area contributed by atoms with Crippen LogP contribution >= 0.6 is 0 Å². The third-order valence-corrected chi connectivity index (χ3v) is 4.00. The first-order chi connectivity index (χ1) is 11.2. The highest BCUT2D eigenvalue weighted by molar-refractivity contribution is 5.81. The molecular formula is C16H21N5O2. The maximum atomic E-state index is 12.2. The van der Waals surface area contributed by atoms with Crippen molar-refractivity contribution in [1.29, 1.82) is 0 Å². The Kier molecular flexibility index (Phi) is 4.68. The van der Waals surface area contributed by atoms with Crippen LogP contribution in [0, 0.1) is 0 Å². The summed E-state index contributed by atoms with van der Waals surface area (Å²) < 4.78 is 7.29. The van der Waals surface area contributed by atoms with Gasteiger partial charge < -0.3 is 15.8 Å². The quantitative estimate of drug-likeness (QED) is 0.856. The zero-order chi connectivity index (χ0) is 16.2. The van der Waals surface area contributed by atoms with Gasteiger partial charge in [-0.1, -0.05) is 23.4 Å². The Morgan fingerprint density at radius 1 is 1.43 bits per heavy atom. The van der Waals surface area contributed by atoms with Crippen LogP contribution in [-0.2, 0) is 9.53 Å². The molecule has 7 nitrogen and oxygen atoms in total. The van der Waals surface area contributed by atoms with Crippen molar-refractivity contribution in [2.75, 3.05) is 6.54 Å². The molecule has 3 rings (SSSR count). The summed E-state index contributed by atoms with van der Waals surface area (Å²) in [6.07, 6.45) is 2.91. The normalized spacial score (nSPS) is 22.0. The van der Waals surface area contributed by atoms with E-state index in [0.717, 1.165) is 12.1 Å². The Morgan fingerprint density at radius 2 is 2.22 bits per heavy atom. The Labute approximate surface area is 134 Å². The van der Waals surface area contributed by atoms with Crippen LogP contribution in [0.3, 0.4) is 0 Å².